The topological polar surface area (TPSA) is 37.5 Å². The zero-order valence-corrected chi connectivity index (χ0v) is 23.4. The van der Waals surface area contributed by atoms with E-state index in [2.05, 4.69) is 139 Å². The number of para-hydroxylation sites is 1. The Morgan fingerprint density at radius 2 is 1.02 bits per heavy atom. The first-order valence-electron chi connectivity index (χ1n) is 14.6. The highest BCUT2D eigenvalue weighted by Gasteiger charge is 2.19. The Hall–Kier alpha value is -5.67. The molecule has 3 nitrogen and oxygen atoms in total. The van der Waals surface area contributed by atoms with Gasteiger partial charge in [0.2, 0.25) is 0 Å². The molecule has 0 bridgehead atoms. The number of nitrogens with zero attached hydrogens (tertiary/aromatic N) is 1. The summed E-state index contributed by atoms with van der Waals surface area (Å²) in [5.74, 6) is 0. The molecule has 1 N–H and O–H groups in total. The zero-order chi connectivity index (χ0) is 28.6. The number of aliphatic imine (C=N–C) groups is 1. The summed E-state index contributed by atoms with van der Waals surface area (Å²) in [6.07, 6.45) is 1.98. The van der Waals surface area contributed by atoms with Crippen LogP contribution in [-0.4, -0.2) is 5.71 Å². The molecule has 43 heavy (non-hydrogen) atoms. The molecule has 1 unspecified atom stereocenters. The van der Waals surface area contributed by atoms with E-state index in [1.807, 2.05) is 24.3 Å². The van der Waals surface area contributed by atoms with E-state index in [-0.39, 0.29) is 6.17 Å². The second kappa shape index (κ2) is 10.6. The van der Waals surface area contributed by atoms with Gasteiger partial charge in [-0.3, -0.25) is 4.99 Å². The average molecular weight is 553 g/mol. The number of rotatable bonds is 5. The Bertz CT molecular complexity index is 2120. The van der Waals surface area contributed by atoms with Crippen LogP contribution in [0.1, 0.15) is 22.9 Å². The monoisotopic (exact) mass is 552 g/mol. The maximum atomic E-state index is 6.14. The van der Waals surface area contributed by atoms with Gasteiger partial charge in [-0.05, 0) is 63.2 Å². The van der Waals surface area contributed by atoms with Gasteiger partial charge in [0.1, 0.15) is 17.3 Å². The number of furan rings is 1. The van der Waals surface area contributed by atoms with Gasteiger partial charge in [-0.2, -0.15) is 0 Å². The second-order valence-corrected chi connectivity index (χ2v) is 10.9. The number of hydrogen-bond acceptors (Lipinski definition) is 3. The van der Waals surface area contributed by atoms with Gasteiger partial charge in [0, 0.05) is 16.5 Å². The minimum Gasteiger partial charge on any atom is -0.456 e. The molecule has 1 aliphatic heterocycles. The van der Waals surface area contributed by atoms with Gasteiger partial charge in [-0.25, -0.2) is 0 Å². The standard InChI is InChI=1S/C40H28N2O/c1-3-9-27(10-4-1)28-15-19-30(20-16-28)36-26-37(42-40(41-36)32-11-5-2-6-12-32)31-21-17-29(18-22-31)33-23-24-35-34-13-7-8-14-38(34)43-39(35)25-33/h1-26,40-41H. The number of fused-ring (bicyclic) bond motifs is 3. The molecule has 0 amide bonds. The van der Waals surface area contributed by atoms with Gasteiger partial charge in [0.15, 0.2) is 0 Å². The maximum absolute atomic E-state index is 6.14. The predicted octanol–water partition coefficient (Wildman–Crippen LogP) is 10.1. The third kappa shape index (κ3) is 4.81. The summed E-state index contributed by atoms with van der Waals surface area (Å²) in [4.78, 5) is 5.14. The molecule has 1 atom stereocenters. The minimum absolute atomic E-state index is 0.180. The molecule has 0 fully saturated rings. The lowest BCUT2D eigenvalue weighted by Crippen LogP contribution is -2.24. The molecular weight excluding hydrogens is 524 g/mol. The van der Waals surface area contributed by atoms with E-state index in [1.54, 1.807) is 0 Å². The van der Waals surface area contributed by atoms with Crippen molar-refractivity contribution in [2.24, 2.45) is 4.99 Å². The van der Waals surface area contributed by atoms with Crippen molar-refractivity contribution < 1.29 is 4.42 Å². The van der Waals surface area contributed by atoms with Gasteiger partial charge in [0.05, 0.1) is 5.71 Å². The van der Waals surface area contributed by atoms with Crippen molar-refractivity contribution in [1.29, 1.82) is 0 Å². The summed E-state index contributed by atoms with van der Waals surface area (Å²) in [5.41, 5.74) is 11.8. The van der Waals surface area contributed by atoms with Crippen LogP contribution in [0.15, 0.2) is 167 Å². The summed E-state index contributed by atoms with van der Waals surface area (Å²) in [6.45, 7) is 0. The third-order valence-electron chi connectivity index (χ3n) is 8.15. The predicted molar refractivity (Wildman–Crippen MR) is 178 cm³/mol. The first-order valence-corrected chi connectivity index (χ1v) is 14.6. The lowest BCUT2D eigenvalue weighted by Gasteiger charge is -2.25. The van der Waals surface area contributed by atoms with Crippen LogP contribution in [0.25, 0.3) is 49.9 Å². The van der Waals surface area contributed by atoms with Crippen LogP contribution < -0.4 is 5.32 Å². The Morgan fingerprint density at radius 3 is 1.79 bits per heavy atom. The molecule has 0 saturated carbocycles. The SMILES string of the molecule is C1=C(c2ccc(-c3ccccc3)cc2)NC(c2ccccc2)N=C1c1ccc(-c2ccc3c(c2)oc2ccccc23)cc1. The number of hydrogen-bond donors (Lipinski definition) is 1. The van der Waals surface area contributed by atoms with Gasteiger partial charge in [-0.1, -0.05) is 133 Å². The summed E-state index contributed by atoms with van der Waals surface area (Å²) < 4.78 is 6.14. The summed E-state index contributed by atoms with van der Waals surface area (Å²) in [5, 5.41) is 5.96. The van der Waals surface area contributed by atoms with E-state index >= 15 is 0 Å². The maximum Gasteiger partial charge on any atom is 0.145 e. The van der Waals surface area contributed by atoms with E-state index < -0.39 is 0 Å². The van der Waals surface area contributed by atoms with Crippen LogP contribution in [-0.2, 0) is 0 Å². The molecule has 7 aromatic rings. The highest BCUT2D eigenvalue weighted by atomic mass is 16.3. The van der Waals surface area contributed by atoms with Crippen LogP contribution in [0.3, 0.4) is 0 Å². The first kappa shape index (κ1) is 25.1. The number of allylic oxidation sites excluding steroid dienone is 1. The molecule has 2 heterocycles. The van der Waals surface area contributed by atoms with Crippen LogP contribution in [0.4, 0.5) is 0 Å². The van der Waals surface area contributed by atoms with Crippen molar-refractivity contribution in [2.45, 2.75) is 6.17 Å². The first-order chi connectivity index (χ1) is 21.3. The van der Waals surface area contributed by atoms with Crippen LogP contribution >= 0.6 is 0 Å². The molecule has 1 aromatic heterocycles. The molecule has 0 radical (unpaired) electrons. The Kier molecular flexibility index (Phi) is 6.20. The Labute approximate surface area is 250 Å². The molecule has 3 heteroatoms. The van der Waals surface area contributed by atoms with Crippen LogP contribution in [0.5, 0.6) is 0 Å². The fourth-order valence-electron chi connectivity index (χ4n) is 5.86. The van der Waals surface area contributed by atoms with Crippen molar-refractivity contribution in [3.63, 3.8) is 0 Å². The molecule has 0 spiro atoms. The molecule has 204 valence electrons. The summed E-state index contributed by atoms with van der Waals surface area (Å²) in [7, 11) is 0. The van der Waals surface area contributed by atoms with E-state index in [4.69, 9.17) is 9.41 Å². The van der Waals surface area contributed by atoms with E-state index in [0.29, 0.717) is 0 Å². The Morgan fingerprint density at radius 1 is 0.465 bits per heavy atom. The van der Waals surface area contributed by atoms with Gasteiger partial charge < -0.3 is 9.73 Å². The van der Waals surface area contributed by atoms with Gasteiger partial charge >= 0.3 is 0 Å². The molecular formula is C40H28N2O. The van der Waals surface area contributed by atoms with Crippen molar-refractivity contribution in [2.75, 3.05) is 0 Å². The lowest BCUT2D eigenvalue weighted by atomic mass is 9.98. The van der Waals surface area contributed by atoms with Crippen molar-refractivity contribution in [3.05, 3.63) is 174 Å². The second-order valence-electron chi connectivity index (χ2n) is 10.9. The molecule has 8 rings (SSSR count). The number of benzene rings is 6. The fraction of sp³-hybridized carbons (Fsp3) is 0.0250. The highest BCUT2D eigenvalue weighted by molar-refractivity contribution is 6.13. The Balaban J connectivity index is 1.13. The molecule has 0 aliphatic carbocycles. The summed E-state index contributed by atoms with van der Waals surface area (Å²) in [6, 6.07) is 52.9. The fourth-order valence-corrected chi connectivity index (χ4v) is 5.86. The van der Waals surface area contributed by atoms with Crippen LogP contribution in [0.2, 0.25) is 0 Å². The number of nitrogens with one attached hydrogen (secondary N) is 1. The summed E-state index contributed by atoms with van der Waals surface area (Å²) >= 11 is 0. The quantitative estimate of drug-likeness (QED) is 0.231. The minimum atomic E-state index is -0.180. The van der Waals surface area contributed by atoms with E-state index in [1.165, 1.54) is 11.1 Å². The van der Waals surface area contributed by atoms with E-state index in [9.17, 15) is 0 Å². The molecule has 0 saturated heterocycles. The van der Waals surface area contributed by atoms with Crippen molar-refractivity contribution >= 4 is 33.3 Å². The zero-order valence-electron chi connectivity index (χ0n) is 23.4. The van der Waals surface area contributed by atoms with Crippen LogP contribution in [0, 0.1) is 0 Å². The largest absolute Gasteiger partial charge is 0.456 e. The van der Waals surface area contributed by atoms with Gasteiger partial charge in [-0.15, -0.1) is 0 Å². The van der Waals surface area contributed by atoms with Gasteiger partial charge in [0.25, 0.3) is 0 Å². The third-order valence-corrected chi connectivity index (χ3v) is 8.15. The smallest absolute Gasteiger partial charge is 0.145 e. The normalized spacial score (nSPS) is 14.7. The molecule has 1 aliphatic rings. The average Bonchev–Trinajstić information content (AvgIpc) is 3.47. The van der Waals surface area contributed by atoms with Crippen molar-refractivity contribution in [1.82, 2.24) is 5.32 Å². The lowest BCUT2D eigenvalue weighted by molar-refractivity contribution is 0.664. The molecule has 6 aromatic carbocycles. The highest BCUT2D eigenvalue weighted by Crippen LogP contribution is 2.33. The van der Waals surface area contributed by atoms with Crippen molar-refractivity contribution in [3.8, 4) is 22.3 Å². The van der Waals surface area contributed by atoms with E-state index in [0.717, 1.165) is 61.2 Å².